The number of hydrogen-bond acceptors (Lipinski definition) is 7. The van der Waals surface area contributed by atoms with Crippen molar-refractivity contribution < 1.29 is 4.79 Å². The van der Waals surface area contributed by atoms with E-state index < -0.39 is 0 Å². The van der Waals surface area contributed by atoms with Gasteiger partial charge in [0.15, 0.2) is 5.16 Å². The van der Waals surface area contributed by atoms with Crippen LogP contribution in [0.2, 0.25) is 0 Å². The SMILES string of the molecule is Cc1cccc(C(C)C)c1NC(=O)CSc1nc(N)nc(N)n1. The van der Waals surface area contributed by atoms with Gasteiger partial charge in [0, 0.05) is 5.69 Å². The molecule has 0 radical (unpaired) electrons. The van der Waals surface area contributed by atoms with Gasteiger partial charge in [0.25, 0.3) is 0 Å². The van der Waals surface area contributed by atoms with Gasteiger partial charge in [-0.3, -0.25) is 4.79 Å². The van der Waals surface area contributed by atoms with Gasteiger partial charge in [0.05, 0.1) is 5.75 Å². The number of benzene rings is 1. The minimum absolute atomic E-state index is 0.0430. The molecule has 1 amide bonds. The molecular weight excluding hydrogens is 312 g/mol. The van der Waals surface area contributed by atoms with E-state index >= 15 is 0 Å². The van der Waals surface area contributed by atoms with Crippen molar-refractivity contribution in [2.24, 2.45) is 0 Å². The third kappa shape index (κ3) is 4.56. The highest BCUT2D eigenvalue weighted by Gasteiger charge is 2.13. The lowest BCUT2D eigenvalue weighted by atomic mass is 9.98. The number of nitrogens with two attached hydrogens (primary N) is 2. The molecule has 0 saturated heterocycles. The largest absolute Gasteiger partial charge is 0.368 e. The first-order valence-electron chi connectivity index (χ1n) is 7.16. The Kier molecular flexibility index (Phi) is 5.38. The second-order valence-electron chi connectivity index (χ2n) is 5.37. The standard InChI is InChI=1S/C15H20N6OS/c1-8(2)10-6-4-5-9(3)12(10)18-11(22)7-23-15-20-13(16)19-14(17)21-15/h4-6,8H,7H2,1-3H3,(H,18,22)(H4,16,17,19,20,21). The third-order valence-corrected chi connectivity index (χ3v) is 4.02. The van der Waals surface area contributed by atoms with E-state index in [9.17, 15) is 4.79 Å². The number of amides is 1. The smallest absolute Gasteiger partial charge is 0.234 e. The Morgan fingerprint density at radius 2 is 1.87 bits per heavy atom. The minimum Gasteiger partial charge on any atom is -0.368 e. The number of rotatable bonds is 5. The molecule has 0 aliphatic carbocycles. The molecule has 0 spiro atoms. The highest BCUT2D eigenvalue weighted by molar-refractivity contribution is 7.99. The Hall–Kier alpha value is -2.35. The molecule has 0 fully saturated rings. The number of nitrogen functional groups attached to an aromatic ring is 2. The Morgan fingerprint density at radius 1 is 1.22 bits per heavy atom. The lowest BCUT2D eigenvalue weighted by Crippen LogP contribution is -2.17. The normalized spacial score (nSPS) is 10.8. The van der Waals surface area contributed by atoms with Gasteiger partial charge in [0.2, 0.25) is 17.8 Å². The Morgan fingerprint density at radius 3 is 2.48 bits per heavy atom. The number of aryl methyl sites for hydroxylation is 1. The molecule has 0 saturated carbocycles. The van der Waals surface area contributed by atoms with Crippen molar-refractivity contribution in [2.75, 3.05) is 22.5 Å². The molecule has 5 N–H and O–H groups in total. The average molecular weight is 332 g/mol. The maximum absolute atomic E-state index is 12.2. The number of aromatic nitrogens is 3. The van der Waals surface area contributed by atoms with Gasteiger partial charge in [-0.2, -0.15) is 15.0 Å². The zero-order valence-electron chi connectivity index (χ0n) is 13.3. The summed E-state index contributed by atoms with van der Waals surface area (Å²) in [6.07, 6.45) is 0. The maximum atomic E-state index is 12.2. The summed E-state index contributed by atoms with van der Waals surface area (Å²) in [4.78, 5) is 23.8. The van der Waals surface area contributed by atoms with E-state index in [4.69, 9.17) is 11.5 Å². The van der Waals surface area contributed by atoms with E-state index in [1.807, 2.05) is 25.1 Å². The van der Waals surface area contributed by atoms with Crippen molar-refractivity contribution in [1.82, 2.24) is 15.0 Å². The molecule has 122 valence electrons. The Bertz CT molecular complexity index is 699. The lowest BCUT2D eigenvalue weighted by Gasteiger charge is -2.16. The van der Waals surface area contributed by atoms with Crippen molar-refractivity contribution in [1.29, 1.82) is 0 Å². The van der Waals surface area contributed by atoms with Crippen molar-refractivity contribution in [3.63, 3.8) is 0 Å². The fraction of sp³-hybridized carbons (Fsp3) is 0.333. The molecule has 0 unspecified atom stereocenters. The zero-order chi connectivity index (χ0) is 17.0. The van der Waals surface area contributed by atoms with Gasteiger partial charge in [-0.05, 0) is 24.0 Å². The van der Waals surface area contributed by atoms with Gasteiger partial charge in [-0.15, -0.1) is 0 Å². The van der Waals surface area contributed by atoms with Crippen molar-refractivity contribution in [3.05, 3.63) is 29.3 Å². The van der Waals surface area contributed by atoms with Crippen LogP contribution < -0.4 is 16.8 Å². The number of nitrogens with zero attached hydrogens (tertiary/aromatic N) is 3. The van der Waals surface area contributed by atoms with E-state index in [1.165, 1.54) is 0 Å². The third-order valence-electron chi connectivity index (χ3n) is 3.17. The molecule has 2 rings (SSSR count). The molecule has 7 nitrogen and oxygen atoms in total. The van der Waals surface area contributed by atoms with Gasteiger partial charge >= 0.3 is 0 Å². The van der Waals surface area contributed by atoms with Gasteiger partial charge in [0.1, 0.15) is 0 Å². The first kappa shape index (κ1) is 17.0. The summed E-state index contributed by atoms with van der Waals surface area (Å²) in [5.74, 6) is 0.432. The number of para-hydroxylation sites is 1. The highest BCUT2D eigenvalue weighted by atomic mass is 32.2. The van der Waals surface area contributed by atoms with Gasteiger partial charge in [-0.1, -0.05) is 43.8 Å². The number of carbonyl (C=O) groups excluding carboxylic acids is 1. The van der Waals surface area contributed by atoms with Crippen molar-refractivity contribution in [2.45, 2.75) is 31.8 Å². The predicted octanol–water partition coefficient (Wildman–Crippen LogP) is 2.20. The molecule has 2 aromatic rings. The molecule has 0 aliphatic heterocycles. The van der Waals surface area contributed by atoms with Crippen LogP contribution in [0.4, 0.5) is 17.6 Å². The summed E-state index contributed by atoms with van der Waals surface area (Å²) in [5, 5.41) is 3.30. The van der Waals surface area contributed by atoms with E-state index in [0.717, 1.165) is 28.6 Å². The van der Waals surface area contributed by atoms with Crippen LogP contribution >= 0.6 is 11.8 Å². The number of thioether (sulfide) groups is 1. The second-order valence-corrected chi connectivity index (χ2v) is 6.31. The molecule has 1 aromatic carbocycles. The zero-order valence-corrected chi connectivity index (χ0v) is 14.1. The molecule has 23 heavy (non-hydrogen) atoms. The van der Waals surface area contributed by atoms with Crippen LogP contribution in [0, 0.1) is 6.92 Å². The summed E-state index contributed by atoms with van der Waals surface area (Å²) >= 11 is 1.16. The number of carbonyl (C=O) groups is 1. The Labute approximate surface area is 139 Å². The summed E-state index contributed by atoms with van der Waals surface area (Å²) in [7, 11) is 0. The quantitative estimate of drug-likeness (QED) is 0.718. The number of anilines is 3. The van der Waals surface area contributed by atoms with Crippen LogP contribution in [0.25, 0.3) is 0 Å². The Balaban J connectivity index is 2.06. The van der Waals surface area contributed by atoms with Crippen molar-refractivity contribution in [3.8, 4) is 0 Å². The van der Waals surface area contributed by atoms with Crippen LogP contribution in [-0.4, -0.2) is 26.6 Å². The maximum Gasteiger partial charge on any atom is 0.234 e. The van der Waals surface area contributed by atoms with E-state index in [-0.39, 0.29) is 23.6 Å². The molecule has 1 aromatic heterocycles. The van der Waals surface area contributed by atoms with Crippen LogP contribution in [0.3, 0.4) is 0 Å². The lowest BCUT2D eigenvalue weighted by molar-refractivity contribution is -0.113. The second kappa shape index (κ2) is 7.28. The summed E-state index contributed by atoms with van der Waals surface area (Å²) in [6.45, 7) is 6.16. The summed E-state index contributed by atoms with van der Waals surface area (Å²) in [6, 6.07) is 5.99. The number of nitrogens with one attached hydrogen (secondary N) is 1. The summed E-state index contributed by atoms with van der Waals surface area (Å²) in [5.41, 5.74) is 14.0. The average Bonchev–Trinajstić information content (AvgIpc) is 2.46. The fourth-order valence-corrected chi connectivity index (χ4v) is 2.75. The topological polar surface area (TPSA) is 120 Å². The van der Waals surface area contributed by atoms with Crippen LogP contribution in [0.5, 0.6) is 0 Å². The minimum atomic E-state index is -0.135. The van der Waals surface area contributed by atoms with E-state index in [1.54, 1.807) is 0 Å². The number of hydrogen-bond donors (Lipinski definition) is 3. The predicted molar refractivity (Wildman–Crippen MR) is 93.3 cm³/mol. The van der Waals surface area contributed by atoms with E-state index in [0.29, 0.717) is 11.1 Å². The highest BCUT2D eigenvalue weighted by Crippen LogP contribution is 2.27. The summed E-state index contributed by atoms with van der Waals surface area (Å²) < 4.78 is 0. The van der Waals surface area contributed by atoms with Crippen LogP contribution in [0.1, 0.15) is 30.9 Å². The molecular formula is C15H20N6OS. The molecule has 8 heteroatoms. The van der Waals surface area contributed by atoms with E-state index in [2.05, 4.69) is 34.1 Å². The molecule has 0 bridgehead atoms. The van der Waals surface area contributed by atoms with Gasteiger partial charge in [-0.25, -0.2) is 0 Å². The van der Waals surface area contributed by atoms with Crippen molar-refractivity contribution >= 4 is 35.3 Å². The van der Waals surface area contributed by atoms with Crippen LogP contribution in [-0.2, 0) is 4.79 Å². The first-order chi connectivity index (χ1) is 10.9. The molecule has 1 heterocycles. The molecule has 0 aliphatic rings. The van der Waals surface area contributed by atoms with Gasteiger partial charge < -0.3 is 16.8 Å². The first-order valence-corrected chi connectivity index (χ1v) is 8.14. The fourth-order valence-electron chi connectivity index (χ4n) is 2.10. The molecule has 0 atom stereocenters. The van der Waals surface area contributed by atoms with Crippen LogP contribution in [0.15, 0.2) is 23.4 Å². The monoisotopic (exact) mass is 332 g/mol.